The second-order valence-corrected chi connectivity index (χ2v) is 8.59. The molecule has 4 heteroatoms. The molecule has 0 aliphatic rings. The average molecular weight is 311 g/mol. The van der Waals surface area contributed by atoms with Crippen molar-refractivity contribution < 1.29 is 8.42 Å². The van der Waals surface area contributed by atoms with Gasteiger partial charge in [-0.15, -0.1) is 0 Å². The maximum absolute atomic E-state index is 11.3. The Balaban J connectivity index is 2.61. The molecular formula is C17H29NO2S. The van der Waals surface area contributed by atoms with Gasteiger partial charge in [0, 0.05) is 18.1 Å². The van der Waals surface area contributed by atoms with Gasteiger partial charge in [-0.05, 0) is 49.8 Å². The molecule has 0 spiro atoms. The Morgan fingerprint density at radius 1 is 1.19 bits per heavy atom. The molecule has 1 rings (SSSR count). The first-order valence-electron chi connectivity index (χ1n) is 7.73. The Morgan fingerprint density at radius 2 is 1.86 bits per heavy atom. The molecule has 0 aliphatic carbocycles. The Morgan fingerprint density at radius 3 is 2.43 bits per heavy atom. The summed E-state index contributed by atoms with van der Waals surface area (Å²) >= 11 is 0. The van der Waals surface area contributed by atoms with Crippen LogP contribution in [0, 0.1) is 12.8 Å². The molecule has 0 aliphatic heterocycles. The molecule has 0 saturated carbocycles. The van der Waals surface area contributed by atoms with Crippen molar-refractivity contribution in [3.8, 4) is 0 Å². The third kappa shape index (κ3) is 8.22. The van der Waals surface area contributed by atoms with Crippen molar-refractivity contribution in [2.75, 3.05) is 18.6 Å². The highest BCUT2D eigenvalue weighted by Gasteiger charge is 2.13. The van der Waals surface area contributed by atoms with E-state index < -0.39 is 9.84 Å². The predicted octanol–water partition coefficient (Wildman–Crippen LogP) is 2.98. The van der Waals surface area contributed by atoms with Gasteiger partial charge in [0.25, 0.3) is 0 Å². The molecule has 0 amide bonds. The first-order chi connectivity index (χ1) is 9.78. The minimum Gasteiger partial charge on any atom is -0.314 e. The standard InChI is InChI=1S/C17H29NO2S/c1-14(2)18-13-16(9-7-11-21(4,19)20)12-17-10-6-5-8-15(17)3/h5-6,8,10,14,16,18H,7,9,11-13H2,1-4H3. The van der Waals surface area contributed by atoms with Crippen molar-refractivity contribution in [3.63, 3.8) is 0 Å². The lowest BCUT2D eigenvalue weighted by Gasteiger charge is -2.20. The number of hydrogen-bond donors (Lipinski definition) is 1. The molecule has 3 nitrogen and oxygen atoms in total. The third-order valence-electron chi connectivity index (χ3n) is 3.71. The highest BCUT2D eigenvalue weighted by molar-refractivity contribution is 7.90. The highest BCUT2D eigenvalue weighted by atomic mass is 32.2. The third-order valence-corrected chi connectivity index (χ3v) is 4.74. The first-order valence-corrected chi connectivity index (χ1v) is 9.79. The molecule has 1 aromatic carbocycles. The fourth-order valence-electron chi connectivity index (χ4n) is 2.46. The summed E-state index contributed by atoms with van der Waals surface area (Å²) in [5.41, 5.74) is 2.68. The van der Waals surface area contributed by atoms with Gasteiger partial charge in [-0.1, -0.05) is 38.1 Å². The highest BCUT2D eigenvalue weighted by Crippen LogP contribution is 2.17. The lowest BCUT2D eigenvalue weighted by atomic mass is 9.92. The quantitative estimate of drug-likeness (QED) is 0.762. The smallest absolute Gasteiger partial charge is 0.147 e. The van der Waals surface area contributed by atoms with Crippen LogP contribution in [-0.2, 0) is 16.3 Å². The van der Waals surface area contributed by atoms with Crippen LogP contribution in [-0.4, -0.2) is 33.0 Å². The number of aryl methyl sites for hydroxylation is 1. The topological polar surface area (TPSA) is 46.2 Å². The Bertz CT molecular complexity index is 523. The van der Waals surface area contributed by atoms with Crippen molar-refractivity contribution >= 4 is 9.84 Å². The van der Waals surface area contributed by atoms with Crippen LogP contribution in [0.2, 0.25) is 0 Å². The van der Waals surface area contributed by atoms with Crippen molar-refractivity contribution in [1.82, 2.24) is 5.32 Å². The van der Waals surface area contributed by atoms with E-state index in [1.54, 1.807) is 0 Å². The molecular weight excluding hydrogens is 282 g/mol. The van der Waals surface area contributed by atoms with E-state index >= 15 is 0 Å². The van der Waals surface area contributed by atoms with Crippen molar-refractivity contribution in [1.29, 1.82) is 0 Å². The SMILES string of the molecule is Cc1ccccc1CC(CCCS(C)(=O)=O)CNC(C)C. The molecule has 0 saturated heterocycles. The van der Waals surface area contributed by atoms with E-state index in [4.69, 9.17) is 0 Å². The zero-order valence-corrected chi connectivity index (χ0v) is 14.5. The van der Waals surface area contributed by atoms with Crippen LogP contribution < -0.4 is 5.32 Å². The Kier molecular flexibility index (Phi) is 7.40. The average Bonchev–Trinajstić information content (AvgIpc) is 2.36. The maximum atomic E-state index is 11.3. The van der Waals surface area contributed by atoms with Crippen molar-refractivity contribution in [2.24, 2.45) is 5.92 Å². The number of rotatable bonds is 9. The van der Waals surface area contributed by atoms with Gasteiger partial charge in [-0.2, -0.15) is 0 Å². The first kappa shape index (κ1) is 18.2. The number of sulfone groups is 1. The van der Waals surface area contributed by atoms with Crippen LogP contribution in [0.4, 0.5) is 0 Å². The summed E-state index contributed by atoms with van der Waals surface area (Å²) < 4.78 is 22.6. The molecule has 1 aromatic rings. The van der Waals surface area contributed by atoms with Gasteiger partial charge in [0.2, 0.25) is 0 Å². The molecule has 1 N–H and O–H groups in total. The molecule has 1 unspecified atom stereocenters. The molecule has 1 atom stereocenters. The van der Waals surface area contributed by atoms with E-state index in [2.05, 4.69) is 50.4 Å². The summed E-state index contributed by atoms with van der Waals surface area (Å²) in [5.74, 6) is 0.772. The minimum absolute atomic E-state index is 0.291. The molecule has 0 radical (unpaired) electrons. The van der Waals surface area contributed by atoms with Gasteiger partial charge in [-0.25, -0.2) is 8.42 Å². The minimum atomic E-state index is -2.85. The monoisotopic (exact) mass is 311 g/mol. The fraction of sp³-hybridized carbons (Fsp3) is 0.647. The lowest BCUT2D eigenvalue weighted by molar-refractivity contribution is 0.418. The molecule has 120 valence electrons. The van der Waals surface area contributed by atoms with E-state index in [0.717, 1.165) is 25.8 Å². The van der Waals surface area contributed by atoms with Crippen LogP contribution in [0.1, 0.15) is 37.8 Å². The number of benzene rings is 1. The summed E-state index contributed by atoms with van der Waals surface area (Å²) in [6, 6.07) is 8.90. The summed E-state index contributed by atoms with van der Waals surface area (Å²) in [4.78, 5) is 0. The zero-order chi connectivity index (χ0) is 15.9. The van der Waals surface area contributed by atoms with Crippen LogP contribution >= 0.6 is 0 Å². The molecule has 0 aromatic heterocycles. The molecule has 0 bridgehead atoms. The number of nitrogens with one attached hydrogen (secondary N) is 1. The largest absolute Gasteiger partial charge is 0.314 e. The summed E-state index contributed by atoms with van der Waals surface area (Å²) in [7, 11) is -2.85. The predicted molar refractivity (Wildman–Crippen MR) is 90.5 cm³/mol. The summed E-state index contributed by atoms with van der Waals surface area (Å²) in [6.45, 7) is 7.36. The van der Waals surface area contributed by atoms with Gasteiger partial charge in [0.05, 0.1) is 0 Å². The van der Waals surface area contributed by atoms with E-state index in [9.17, 15) is 8.42 Å². The summed E-state index contributed by atoms with van der Waals surface area (Å²) in [6.07, 6.45) is 4.02. The zero-order valence-electron chi connectivity index (χ0n) is 13.7. The van der Waals surface area contributed by atoms with Gasteiger partial charge < -0.3 is 5.32 Å². The van der Waals surface area contributed by atoms with Gasteiger partial charge >= 0.3 is 0 Å². The van der Waals surface area contributed by atoms with Crippen LogP contribution in [0.3, 0.4) is 0 Å². The molecule has 0 heterocycles. The second kappa shape index (κ2) is 8.54. The van der Waals surface area contributed by atoms with Crippen LogP contribution in [0.15, 0.2) is 24.3 Å². The Labute approximate surface area is 130 Å². The van der Waals surface area contributed by atoms with E-state index in [1.807, 2.05) is 0 Å². The van der Waals surface area contributed by atoms with Crippen LogP contribution in [0.25, 0.3) is 0 Å². The Hall–Kier alpha value is -0.870. The van der Waals surface area contributed by atoms with E-state index in [1.165, 1.54) is 17.4 Å². The molecule has 21 heavy (non-hydrogen) atoms. The van der Waals surface area contributed by atoms with Gasteiger partial charge in [0.1, 0.15) is 9.84 Å². The van der Waals surface area contributed by atoms with E-state index in [-0.39, 0.29) is 0 Å². The van der Waals surface area contributed by atoms with Crippen LogP contribution in [0.5, 0.6) is 0 Å². The van der Waals surface area contributed by atoms with Gasteiger partial charge in [-0.3, -0.25) is 0 Å². The van der Waals surface area contributed by atoms with E-state index in [0.29, 0.717) is 17.7 Å². The normalized spacial score (nSPS) is 13.6. The maximum Gasteiger partial charge on any atom is 0.147 e. The van der Waals surface area contributed by atoms with Crippen molar-refractivity contribution in [2.45, 2.75) is 46.1 Å². The lowest BCUT2D eigenvalue weighted by Crippen LogP contribution is -2.30. The summed E-state index contributed by atoms with van der Waals surface area (Å²) in [5, 5.41) is 3.48. The second-order valence-electron chi connectivity index (χ2n) is 6.33. The van der Waals surface area contributed by atoms with Gasteiger partial charge in [0.15, 0.2) is 0 Å². The number of hydrogen-bond acceptors (Lipinski definition) is 3. The fourth-order valence-corrected chi connectivity index (χ4v) is 3.15. The molecule has 0 fully saturated rings. The van der Waals surface area contributed by atoms with Crippen molar-refractivity contribution in [3.05, 3.63) is 35.4 Å².